The number of fused-ring (bicyclic) bond motifs is 1. The Bertz CT molecular complexity index is 409. The van der Waals surface area contributed by atoms with Gasteiger partial charge in [-0.3, -0.25) is 0 Å². The summed E-state index contributed by atoms with van der Waals surface area (Å²) in [4.78, 5) is 4.43. The van der Waals surface area contributed by atoms with Gasteiger partial charge in [0.15, 0.2) is 0 Å². The molecule has 2 rings (SSSR count). The maximum Gasteiger partial charge on any atom is 0.0935 e. The Morgan fingerprint density at radius 2 is 2.07 bits per heavy atom. The van der Waals surface area contributed by atoms with Gasteiger partial charge in [0, 0.05) is 5.02 Å². The largest absolute Gasteiger partial charge is 0.241 e. The van der Waals surface area contributed by atoms with Crippen molar-refractivity contribution in [1.29, 1.82) is 0 Å². The van der Waals surface area contributed by atoms with E-state index in [9.17, 15) is 0 Å². The van der Waals surface area contributed by atoms with Crippen LogP contribution in [0.15, 0.2) is 18.2 Å². The van der Waals surface area contributed by atoms with Crippen LogP contribution in [0.4, 0.5) is 0 Å². The zero-order valence-corrected chi connectivity index (χ0v) is 10.2. The lowest BCUT2D eigenvalue weighted by molar-refractivity contribution is 1.11. The summed E-state index contributed by atoms with van der Waals surface area (Å²) >= 11 is 7.57. The van der Waals surface area contributed by atoms with E-state index in [0.29, 0.717) is 0 Å². The molecule has 3 heteroatoms. The molecule has 0 aliphatic rings. The molecule has 0 fully saturated rings. The molecule has 0 saturated heterocycles. The fourth-order valence-corrected chi connectivity index (χ4v) is 2.28. The number of hydrogen-bond donors (Lipinski definition) is 0. The van der Waals surface area contributed by atoms with Crippen LogP contribution in [0.3, 0.4) is 0 Å². The summed E-state index contributed by atoms with van der Waals surface area (Å²) in [6, 6.07) is 5.81. The Morgan fingerprint density at radius 1 is 1.36 bits per heavy atom. The highest BCUT2D eigenvalue weighted by Gasteiger charge is 2.01. The number of aromatic nitrogens is 1. The Hall–Kier alpha value is -0.600. The fraction of sp³-hybridized carbons (Fsp3) is 0.364. The summed E-state index contributed by atoms with van der Waals surface area (Å²) < 4.78 is 1.18. The van der Waals surface area contributed by atoms with Gasteiger partial charge < -0.3 is 0 Å². The first-order chi connectivity index (χ1) is 6.79. The Morgan fingerprint density at radius 3 is 2.71 bits per heavy atom. The summed E-state index contributed by atoms with van der Waals surface area (Å²) in [7, 11) is 0. The Kier molecular flexibility index (Phi) is 4.36. The van der Waals surface area contributed by atoms with Crippen LogP contribution in [0.1, 0.15) is 25.8 Å². The molecule has 0 bridgehead atoms. The molecular weight excluding hydrogens is 214 g/mol. The van der Waals surface area contributed by atoms with E-state index in [0.717, 1.165) is 17.0 Å². The van der Waals surface area contributed by atoms with E-state index < -0.39 is 0 Å². The number of rotatable bonds is 1. The van der Waals surface area contributed by atoms with Gasteiger partial charge in [-0.1, -0.05) is 32.4 Å². The second-order valence-electron chi connectivity index (χ2n) is 2.57. The minimum atomic E-state index is 0.786. The van der Waals surface area contributed by atoms with Crippen LogP contribution in [0.2, 0.25) is 5.02 Å². The highest BCUT2D eigenvalue weighted by atomic mass is 35.5. The molecule has 0 N–H and O–H groups in total. The van der Waals surface area contributed by atoms with E-state index in [4.69, 9.17) is 11.6 Å². The van der Waals surface area contributed by atoms with Crippen LogP contribution in [0.25, 0.3) is 10.2 Å². The van der Waals surface area contributed by atoms with Crippen molar-refractivity contribution in [2.75, 3.05) is 0 Å². The predicted molar refractivity (Wildman–Crippen MR) is 65.4 cm³/mol. The summed E-state index contributed by atoms with van der Waals surface area (Å²) in [6.45, 7) is 6.11. The molecule has 1 aromatic carbocycles. The van der Waals surface area contributed by atoms with Crippen molar-refractivity contribution in [1.82, 2.24) is 4.98 Å². The fourth-order valence-electron chi connectivity index (χ4n) is 1.10. The van der Waals surface area contributed by atoms with Crippen molar-refractivity contribution in [2.24, 2.45) is 0 Å². The maximum atomic E-state index is 5.85. The van der Waals surface area contributed by atoms with Gasteiger partial charge in [-0.05, 0) is 24.6 Å². The van der Waals surface area contributed by atoms with Crippen LogP contribution in [0.5, 0.6) is 0 Å². The third kappa shape index (κ3) is 2.46. The van der Waals surface area contributed by atoms with Crippen LogP contribution in [-0.4, -0.2) is 4.98 Å². The first kappa shape index (κ1) is 11.5. The number of nitrogens with zero attached hydrogens (tertiary/aromatic N) is 1. The van der Waals surface area contributed by atoms with Gasteiger partial charge in [-0.2, -0.15) is 0 Å². The lowest BCUT2D eigenvalue weighted by Crippen LogP contribution is -1.73. The first-order valence-corrected chi connectivity index (χ1v) is 6.04. The molecule has 2 aromatic rings. The predicted octanol–water partition coefficient (Wildman–Crippen LogP) is 4.54. The van der Waals surface area contributed by atoms with Crippen molar-refractivity contribution in [3.05, 3.63) is 28.2 Å². The van der Waals surface area contributed by atoms with E-state index in [1.54, 1.807) is 11.3 Å². The second-order valence-corrected chi connectivity index (χ2v) is 4.12. The Labute approximate surface area is 93.7 Å². The number of thiazole rings is 1. The summed E-state index contributed by atoms with van der Waals surface area (Å²) in [6.07, 6.45) is 0.997. The van der Waals surface area contributed by atoms with Gasteiger partial charge >= 0.3 is 0 Å². The first-order valence-electron chi connectivity index (χ1n) is 4.84. The molecule has 1 aromatic heterocycles. The van der Waals surface area contributed by atoms with Gasteiger partial charge in [0.1, 0.15) is 0 Å². The number of halogens is 1. The molecule has 0 unspecified atom stereocenters. The topological polar surface area (TPSA) is 12.9 Å². The standard InChI is InChI=1S/C9H8ClNS.C2H6/c1-2-9-11-7-4-3-6(10)5-8(7)12-9;1-2/h3-5H,2H2,1H3;1-2H3. The van der Waals surface area contributed by atoms with E-state index in [1.165, 1.54) is 9.71 Å². The van der Waals surface area contributed by atoms with Gasteiger partial charge in [-0.25, -0.2) is 4.98 Å². The minimum absolute atomic E-state index is 0.786. The van der Waals surface area contributed by atoms with Gasteiger partial charge in [0.05, 0.1) is 15.2 Å². The number of aryl methyl sites for hydroxylation is 1. The smallest absolute Gasteiger partial charge is 0.0935 e. The third-order valence-corrected chi connectivity index (χ3v) is 3.09. The van der Waals surface area contributed by atoms with E-state index in [2.05, 4.69) is 11.9 Å². The van der Waals surface area contributed by atoms with E-state index in [-0.39, 0.29) is 0 Å². The zero-order valence-electron chi connectivity index (χ0n) is 8.67. The minimum Gasteiger partial charge on any atom is -0.241 e. The van der Waals surface area contributed by atoms with E-state index >= 15 is 0 Å². The zero-order chi connectivity index (χ0) is 10.6. The van der Waals surface area contributed by atoms with Crippen molar-refractivity contribution >= 4 is 33.2 Å². The maximum absolute atomic E-state index is 5.85. The van der Waals surface area contributed by atoms with Crippen LogP contribution in [0, 0.1) is 0 Å². The highest BCUT2D eigenvalue weighted by Crippen LogP contribution is 2.25. The quantitative estimate of drug-likeness (QED) is 0.697. The molecule has 0 amide bonds. The molecule has 1 nitrogen and oxygen atoms in total. The molecule has 0 aliphatic carbocycles. The third-order valence-electron chi connectivity index (χ3n) is 1.70. The second kappa shape index (κ2) is 5.32. The molecule has 0 saturated carbocycles. The summed E-state index contributed by atoms with van der Waals surface area (Å²) in [5.74, 6) is 0. The molecule has 0 atom stereocenters. The normalized spacial score (nSPS) is 9.71. The van der Waals surface area contributed by atoms with Crippen molar-refractivity contribution in [2.45, 2.75) is 27.2 Å². The number of benzene rings is 1. The SMILES string of the molecule is CC.CCc1nc2ccc(Cl)cc2s1. The average Bonchev–Trinajstić information content (AvgIpc) is 2.62. The molecule has 0 aliphatic heterocycles. The molecule has 76 valence electrons. The van der Waals surface area contributed by atoms with Crippen molar-refractivity contribution in [3.63, 3.8) is 0 Å². The van der Waals surface area contributed by atoms with Crippen molar-refractivity contribution < 1.29 is 0 Å². The highest BCUT2D eigenvalue weighted by molar-refractivity contribution is 7.18. The van der Waals surface area contributed by atoms with Crippen LogP contribution in [-0.2, 0) is 6.42 Å². The number of hydrogen-bond acceptors (Lipinski definition) is 2. The molecular formula is C11H14ClNS. The lowest BCUT2D eigenvalue weighted by Gasteiger charge is -1.86. The summed E-state index contributed by atoms with van der Waals surface area (Å²) in [5, 5.41) is 1.96. The van der Waals surface area contributed by atoms with Gasteiger partial charge in [0.2, 0.25) is 0 Å². The Balaban J connectivity index is 0.000000461. The van der Waals surface area contributed by atoms with Crippen molar-refractivity contribution in [3.8, 4) is 0 Å². The average molecular weight is 228 g/mol. The molecule has 0 spiro atoms. The van der Waals surface area contributed by atoms with E-state index in [1.807, 2.05) is 32.0 Å². The van der Waals surface area contributed by atoms with Gasteiger partial charge in [-0.15, -0.1) is 11.3 Å². The monoisotopic (exact) mass is 227 g/mol. The summed E-state index contributed by atoms with van der Waals surface area (Å²) in [5.41, 5.74) is 1.06. The molecule has 0 radical (unpaired) electrons. The van der Waals surface area contributed by atoms with Crippen LogP contribution >= 0.6 is 22.9 Å². The molecule has 1 heterocycles. The molecule has 14 heavy (non-hydrogen) atoms. The van der Waals surface area contributed by atoms with Gasteiger partial charge in [0.25, 0.3) is 0 Å². The lowest BCUT2D eigenvalue weighted by atomic mass is 10.3. The van der Waals surface area contributed by atoms with Crippen LogP contribution < -0.4 is 0 Å².